The molecular formula is C35H34ClNO5S. The molecule has 0 aliphatic heterocycles. The molecule has 6 nitrogen and oxygen atoms in total. The van der Waals surface area contributed by atoms with Crippen LogP contribution in [0.5, 0.6) is 0 Å². The maximum Gasteiger partial charge on any atom is 0.340 e. The fourth-order valence-electron chi connectivity index (χ4n) is 5.35. The first-order chi connectivity index (χ1) is 20.5. The minimum Gasteiger partial charge on any atom is -0.481 e. The molecule has 4 aromatic rings. The van der Waals surface area contributed by atoms with Gasteiger partial charge in [0.1, 0.15) is 0 Å². The zero-order chi connectivity index (χ0) is 30.6. The van der Waals surface area contributed by atoms with Crippen LogP contribution in [0.1, 0.15) is 65.8 Å². The van der Waals surface area contributed by atoms with Crippen LogP contribution in [0.4, 0.5) is 0 Å². The van der Waals surface area contributed by atoms with Crippen molar-refractivity contribution in [1.29, 1.82) is 0 Å². The summed E-state index contributed by atoms with van der Waals surface area (Å²) in [4.78, 5) is 28.0. The fraction of sp³-hybridized carbons (Fsp3) is 0.286. The average Bonchev–Trinajstić information content (AvgIpc) is 3.74. The van der Waals surface area contributed by atoms with Crippen LogP contribution in [-0.2, 0) is 21.6 Å². The van der Waals surface area contributed by atoms with Crippen LogP contribution in [0.25, 0.3) is 23.1 Å². The van der Waals surface area contributed by atoms with Gasteiger partial charge in [-0.05, 0) is 84.6 Å². The van der Waals surface area contributed by atoms with Gasteiger partial charge in [0.25, 0.3) is 0 Å². The largest absolute Gasteiger partial charge is 0.481 e. The van der Waals surface area contributed by atoms with E-state index < -0.39 is 17.5 Å². The maximum absolute atomic E-state index is 11.8. The van der Waals surface area contributed by atoms with E-state index in [9.17, 15) is 24.9 Å². The lowest BCUT2D eigenvalue weighted by molar-refractivity contribution is -0.157. The number of benzene rings is 3. The summed E-state index contributed by atoms with van der Waals surface area (Å²) in [5.41, 5.74) is 2.78. The van der Waals surface area contributed by atoms with Gasteiger partial charge in [-0.1, -0.05) is 78.3 Å². The smallest absolute Gasteiger partial charge is 0.340 e. The van der Waals surface area contributed by atoms with E-state index in [0.717, 1.165) is 51.9 Å². The summed E-state index contributed by atoms with van der Waals surface area (Å²) in [7, 11) is 0. The predicted octanol–water partition coefficient (Wildman–Crippen LogP) is 8.01. The van der Waals surface area contributed by atoms with Crippen molar-refractivity contribution < 1.29 is 24.9 Å². The van der Waals surface area contributed by atoms with Crippen molar-refractivity contribution in [2.24, 2.45) is 5.41 Å². The summed E-state index contributed by atoms with van der Waals surface area (Å²) in [6.45, 7) is 1.30. The van der Waals surface area contributed by atoms with E-state index in [1.165, 1.54) is 6.92 Å². The number of carboxylic acids is 2. The molecule has 1 saturated carbocycles. The van der Waals surface area contributed by atoms with Crippen LogP contribution >= 0.6 is 23.4 Å². The number of aliphatic hydroxyl groups is 1. The number of aliphatic carboxylic acids is 2. The number of hydrogen-bond acceptors (Lipinski definition) is 5. The van der Waals surface area contributed by atoms with Gasteiger partial charge in [-0.3, -0.25) is 4.79 Å². The second-order valence-electron chi connectivity index (χ2n) is 11.5. The Labute approximate surface area is 260 Å². The normalized spacial score (nSPS) is 16.2. The summed E-state index contributed by atoms with van der Waals surface area (Å²) in [5, 5.41) is 31.5. The van der Waals surface area contributed by atoms with Crippen molar-refractivity contribution in [3.8, 4) is 0 Å². The molecule has 0 saturated heterocycles. The lowest BCUT2D eigenvalue weighted by Gasteiger charge is -2.24. The number of rotatable bonds is 13. The molecule has 5 rings (SSSR count). The molecule has 1 fully saturated rings. The summed E-state index contributed by atoms with van der Waals surface area (Å²) < 4.78 is 0. The standard InChI is InChI=1S/C35H34ClNO5S/c1-34(42,33(40)41)29-8-3-2-6-24(29)12-16-31(43-22-35(17-18-35)21-32(38)39)26-7-4-5-23(19-26)9-14-28-15-11-25-10-13-27(36)20-30(25)37-28/h2-11,13-15,19-20,31,42H,12,16-18,21-22H2,1H3,(H,38,39)(H,40,41)/b14-9+/t31-,34?/m1/s1. The Kier molecular flexibility index (Phi) is 9.25. The maximum atomic E-state index is 11.8. The van der Waals surface area contributed by atoms with Crippen LogP contribution in [0.15, 0.2) is 78.9 Å². The van der Waals surface area contributed by atoms with Crippen molar-refractivity contribution in [2.75, 3.05) is 5.75 Å². The van der Waals surface area contributed by atoms with Gasteiger partial charge >= 0.3 is 11.9 Å². The molecule has 1 unspecified atom stereocenters. The minimum absolute atomic E-state index is 0.0448. The zero-order valence-corrected chi connectivity index (χ0v) is 25.4. The van der Waals surface area contributed by atoms with Crippen LogP contribution in [-0.4, -0.2) is 38.0 Å². The van der Waals surface area contributed by atoms with Crippen molar-refractivity contribution in [3.05, 3.63) is 112 Å². The number of carboxylic acid groups (broad SMARTS) is 2. The average molecular weight is 616 g/mol. The molecule has 3 N–H and O–H groups in total. The third-order valence-corrected chi connectivity index (χ3v) is 10.0. The first kappa shape index (κ1) is 30.8. The molecule has 1 heterocycles. The highest BCUT2D eigenvalue weighted by Crippen LogP contribution is 2.53. The molecule has 3 aromatic carbocycles. The van der Waals surface area contributed by atoms with E-state index in [4.69, 9.17) is 16.6 Å². The number of aromatic nitrogens is 1. The first-order valence-corrected chi connectivity index (χ1v) is 15.7. The van der Waals surface area contributed by atoms with Crippen molar-refractivity contribution >= 4 is 58.4 Å². The number of fused-ring (bicyclic) bond motifs is 1. The number of aryl methyl sites for hydroxylation is 1. The van der Waals surface area contributed by atoms with Gasteiger partial charge in [-0.2, -0.15) is 11.8 Å². The van der Waals surface area contributed by atoms with Gasteiger partial charge in [0.15, 0.2) is 5.60 Å². The van der Waals surface area contributed by atoms with E-state index in [1.54, 1.807) is 23.9 Å². The summed E-state index contributed by atoms with van der Waals surface area (Å²) in [6.07, 6.45) is 7.25. The first-order valence-electron chi connectivity index (χ1n) is 14.3. The Morgan fingerprint density at radius 2 is 1.79 bits per heavy atom. The molecule has 1 aliphatic rings. The van der Waals surface area contributed by atoms with E-state index in [1.807, 2.05) is 66.7 Å². The molecule has 1 aromatic heterocycles. The molecule has 1 aliphatic carbocycles. The highest BCUT2D eigenvalue weighted by molar-refractivity contribution is 7.99. The molecular weight excluding hydrogens is 582 g/mol. The van der Waals surface area contributed by atoms with Crippen LogP contribution in [0.3, 0.4) is 0 Å². The lowest BCUT2D eigenvalue weighted by Crippen LogP contribution is -2.33. The van der Waals surface area contributed by atoms with Crippen LogP contribution < -0.4 is 0 Å². The van der Waals surface area contributed by atoms with Gasteiger partial charge in [-0.25, -0.2) is 9.78 Å². The van der Waals surface area contributed by atoms with Crippen molar-refractivity contribution in [1.82, 2.24) is 4.98 Å². The minimum atomic E-state index is -1.99. The number of pyridine rings is 1. The molecule has 0 radical (unpaired) electrons. The zero-order valence-electron chi connectivity index (χ0n) is 23.9. The van der Waals surface area contributed by atoms with Gasteiger partial charge in [0.05, 0.1) is 17.6 Å². The number of nitrogens with zero attached hydrogens (tertiary/aromatic N) is 1. The molecule has 222 valence electrons. The number of carbonyl (C=O) groups is 2. The molecule has 0 spiro atoms. The van der Waals surface area contributed by atoms with Crippen LogP contribution in [0.2, 0.25) is 5.02 Å². The van der Waals surface area contributed by atoms with Gasteiger partial charge < -0.3 is 15.3 Å². The fourth-order valence-corrected chi connectivity index (χ4v) is 7.09. The van der Waals surface area contributed by atoms with Gasteiger partial charge in [0.2, 0.25) is 0 Å². The third-order valence-electron chi connectivity index (χ3n) is 8.11. The summed E-state index contributed by atoms with van der Waals surface area (Å²) in [6, 6.07) is 25.0. The Hall–Kier alpha value is -3.65. The Morgan fingerprint density at radius 1 is 1.02 bits per heavy atom. The van der Waals surface area contributed by atoms with Crippen LogP contribution in [0, 0.1) is 5.41 Å². The molecule has 0 amide bonds. The third kappa shape index (κ3) is 7.66. The SMILES string of the molecule is CC(O)(C(=O)O)c1ccccc1CC[C@@H](SCC1(CC(=O)O)CC1)c1cccc(/C=C/c2ccc3ccc(Cl)cc3n2)c1. The van der Waals surface area contributed by atoms with Gasteiger partial charge in [-0.15, -0.1) is 0 Å². The lowest BCUT2D eigenvalue weighted by atomic mass is 9.89. The summed E-state index contributed by atoms with van der Waals surface area (Å²) in [5.74, 6) is -1.32. The number of thioether (sulfide) groups is 1. The topological polar surface area (TPSA) is 108 Å². The molecule has 2 atom stereocenters. The van der Waals surface area contributed by atoms with E-state index >= 15 is 0 Å². The number of halogens is 1. The highest BCUT2D eigenvalue weighted by atomic mass is 35.5. The Morgan fingerprint density at radius 3 is 2.53 bits per heavy atom. The Bertz CT molecular complexity index is 1680. The van der Waals surface area contributed by atoms with Crippen molar-refractivity contribution in [2.45, 2.75) is 49.9 Å². The second-order valence-corrected chi connectivity index (χ2v) is 13.1. The number of hydrogen-bond donors (Lipinski definition) is 3. The van der Waals surface area contributed by atoms with E-state index in [-0.39, 0.29) is 17.1 Å². The monoisotopic (exact) mass is 615 g/mol. The van der Waals surface area contributed by atoms with Crippen molar-refractivity contribution in [3.63, 3.8) is 0 Å². The molecule has 43 heavy (non-hydrogen) atoms. The van der Waals surface area contributed by atoms with Gasteiger partial charge in [0, 0.05) is 21.4 Å². The quantitative estimate of drug-likeness (QED) is 0.140. The molecule has 0 bridgehead atoms. The predicted molar refractivity (Wildman–Crippen MR) is 173 cm³/mol. The van der Waals surface area contributed by atoms with E-state index in [2.05, 4.69) is 12.1 Å². The van der Waals surface area contributed by atoms with E-state index in [0.29, 0.717) is 23.4 Å². The summed E-state index contributed by atoms with van der Waals surface area (Å²) >= 11 is 7.92. The molecule has 8 heteroatoms. The highest BCUT2D eigenvalue weighted by Gasteiger charge is 2.44. The second kappa shape index (κ2) is 12.9. The Balaban J connectivity index is 1.39.